The summed E-state index contributed by atoms with van der Waals surface area (Å²) in [6, 6.07) is 14.1. The van der Waals surface area contributed by atoms with E-state index >= 15 is 0 Å². The molecule has 2 aromatic rings. The van der Waals surface area contributed by atoms with Crippen LogP contribution in [0.2, 0.25) is 0 Å². The number of hydrogen-bond donors (Lipinski definition) is 1. The summed E-state index contributed by atoms with van der Waals surface area (Å²) in [5, 5.41) is 3.66. The number of benzene rings is 2. The Bertz CT molecular complexity index is 787. The zero-order valence-electron chi connectivity index (χ0n) is 16.7. The third-order valence-corrected chi connectivity index (χ3v) is 6.45. The van der Waals surface area contributed by atoms with Crippen LogP contribution in [0.3, 0.4) is 0 Å². The average Bonchev–Trinajstić information content (AvgIpc) is 2.71. The van der Waals surface area contributed by atoms with Crippen molar-refractivity contribution in [1.82, 2.24) is 0 Å². The minimum atomic E-state index is -0.0282. The number of amides is 1. The highest BCUT2D eigenvalue weighted by Gasteiger charge is 2.14. The van der Waals surface area contributed by atoms with E-state index in [0.29, 0.717) is 18.3 Å². The number of carbonyl (C=O) groups is 1. The summed E-state index contributed by atoms with van der Waals surface area (Å²) in [4.78, 5) is 12.3. The molecule has 0 bridgehead atoms. The molecule has 0 aromatic heterocycles. The molecule has 1 heterocycles. The Balaban J connectivity index is 1.44. The topological polar surface area (TPSA) is 47.6 Å². The molecule has 1 aliphatic rings. The maximum Gasteiger partial charge on any atom is 0.227 e. The molecule has 1 fully saturated rings. The first-order valence-corrected chi connectivity index (χ1v) is 10.9. The molecule has 0 unspecified atom stereocenters. The second-order valence-corrected chi connectivity index (χ2v) is 8.46. The summed E-state index contributed by atoms with van der Waals surface area (Å²) in [5.41, 5.74) is 4.40. The third kappa shape index (κ3) is 6.28. The van der Waals surface area contributed by atoms with E-state index in [9.17, 15) is 4.79 Å². The Morgan fingerprint density at radius 3 is 2.79 bits per heavy atom. The van der Waals surface area contributed by atoms with Crippen LogP contribution in [0.15, 0.2) is 42.5 Å². The van der Waals surface area contributed by atoms with Crippen LogP contribution < -0.4 is 10.1 Å². The van der Waals surface area contributed by atoms with Gasteiger partial charge in [0.15, 0.2) is 0 Å². The lowest BCUT2D eigenvalue weighted by Gasteiger charge is -2.21. The van der Waals surface area contributed by atoms with Crippen molar-refractivity contribution in [3.63, 3.8) is 0 Å². The van der Waals surface area contributed by atoms with Crippen molar-refractivity contribution >= 4 is 23.4 Å². The van der Waals surface area contributed by atoms with Crippen molar-refractivity contribution in [3.05, 3.63) is 59.2 Å². The molecule has 0 radical (unpaired) electrons. The molecule has 3 rings (SSSR count). The van der Waals surface area contributed by atoms with Crippen LogP contribution in [0, 0.1) is 13.8 Å². The van der Waals surface area contributed by atoms with Crippen molar-refractivity contribution in [3.8, 4) is 5.75 Å². The first-order chi connectivity index (χ1) is 13.6. The number of rotatable bonds is 8. The minimum Gasteiger partial charge on any atom is -0.493 e. The molecule has 28 heavy (non-hydrogen) atoms. The van der Waals surface area contributed by atoms with Gasteiger partial charge in [0.2, 0.25) is 5.91 Å². The summed E-state index contributed by atoms with van der Waals surface area (Å²) in [7, 11) is 0. The van der Waals surface area contributed by atoms with E-state index in [0.717, 1.165) is 48.8 Å². The van der Waals surface area contributed by atoms with Crippen LogP contribution in [-0.2, 0) is 15.3 Å². The Hall–Kier alpha value is -1.98. The smallest absolute Gasteiger partial charge is 0.227 e. The van der Waals surface area contributed by atoms with Crippen LogP contribution in [0.5, 0.6) is 5.75 Å². The SMILES string of the molecule is Cc1cccc(OCCC(=O)Nc2cccc(CSC3CCOCC3)c2)c1C. The molecule has 150 valence electrons. The number of hydrogen-bond acceptors (Lipinski definition) is 4. The maximum absolute atomic E-state index is 12.3. The van der Waals surface area contributed by atoms with E-state index < -0.39 is 0 Å². The van der Waals surface area contributed by atoms with Gasteiger partial charge in [0, 0.05) is 29.9 Å². The van der Waals surface area contributed by atoms with Crippen LogP contribution in [-0.4, -0.2) is 31.0 Å². The van der Waals surface area contributed by atoms with Gasteiger partial charge in [-0.1, -0.05) is 24.3 Å². The summed E-state index contributed by atoms with van der Waals surface area (Å²) >= 11 is 1.98. The lowest BCUT2D eigenvalue weighted by atomic mass is 10.1. The third-order valence-electron chi connectivity index (χ3n) is 5.01. The zero-order chi connectivity index (χ0) is 19.8. The molecular weight excluding hydrogens is 370 g/mol. The average molecular weight is 400 g/mol. The van der Waals surface area contributed by atoms with Gasteiger partial charge in [0.25, 0.3) is 0 Å². The second-order valence-electron chi connectivity index (χ2n) is 7.17. The molecule has 0 saturated carbocycles. The molecular formula is C23H29NO3S. The largest absolute Gasteiger partial charge is 0.493 e. The minimum absolute atomic E-state index is 0.0282. The van der Waals surface area contributed by atoms with Gasteiger partial charge in [0.05, 0.1) is 13.0 Å². The highest BCUT2D eigenvalue weighted by Crippen LogP contribution is 2.26. The molecule has 0 aliphatic carbocycles. The molecule has 1 N–H and O–H groups in total. The quantitative estimate of drug-likeness (QED) is 0.669. The molecule has 4 nitrogen and oxygen atoms in total. The predicted octanol–water partition coefficient (Wildman–Crippen LogP) is 5.12. The highest BCUT2D eigenvalue weighted by atomic mass is 32.2. The molecule has 0 spiro atoms. The standard InChI is InChI=1S/C23H29NO3S/c1-17-5-3-8-22(18(17)2)27-14-11-23(25)24-20-7-4-6-19(15-20)16-28-21-9-12-26-13-10-21/h3-8,15,21H,9-14,16H2,1-2H3,(H,24,25). The molecule has 0 atom stereocenters. The number of ether oxygens (including phenoxy) is 2. The first kappa shape index (κ1) is 20.7. The van der Waals surface area contributed by atoms with Gasteiger partial charge in [-0.25, -0.2) is 0 Å². The van der Waals surface area contributed by atoms with Crippen molar-refractivity contribution in [2.75, 3.05) is 25.1 Å². The van der Waals surface area contributed by atoms with Gasteiger partial charge in [-0.3, -0.25) is 4.79 Å². The van der Waals surface area contributed by atoms with Crippen molar-refractivity contribution in [2.24, 2.45) is 0 Å². The summed E-state index contributed by atoms with van der Waals surface area (Å²) in [6.45, 7) is 6.21. The molecule has 1 saturated heterocycles. The normalized spacial score (nSPS) is 14.6. The van der Waals surface area contributed by atoms with Crippen LogP contribution >= 0.6 is 11.8 Å². The van der Waals surface area contributed by atoms with Gasteiger partial charge in [-0.05, 0) is 61.6 Å². The van der Waals surface area contributed by atoms with E-state index in [1.165, 1.54) is 11.1 Å². The van der Waals surface area contributed by atoms with Crippen LogP contribution in [0.25, 0.3) is 0 Å². The van der Waals surface area contributed by atoms with Crippen LogP contribution in [0.1, 0.15) is 36.0 Å². The van der Waals surface area contributed by atoms with Gasteiger partial charge < -0.3 is 14.8 Å². The number of thioether (sulfide) groups is 1. The lowest BCUT2D eigenvalue weighted by Crippen LogP contribution is -2.17. The predicted molar refractivity (Wildman–Crippen MR) is 116 cm³/mol. The Kier molecular flexibility index (Phi) is 7.80. The summed E-state index contributed by atoms with van der Waals surface area (Å²) < 4.78 is 11.2. The molecule has 5 heteroatoms. The van der Waals surface area contributed by atoms with Gasteiger partial charge in [-0.2, -0.15) is 11.8 Å². The number of carbonyl (C=O) groups excluding carboxylic acids is 1. The highest BCUT2D eigenvalue weighted by molar-refractivity contribution is 7.99. The van der Waals surface area contributed by atoms with E-state index in [4.69, 9.17) is 9.47 Å². The summed E-state index contributed by atoms with van der Waals surface area (Å²) in [5.74, 6) is 1.78. The number of aryl methyl sites for hydroxylation is 1. The van der Waals surface area contributed by atoms with Crippen LogP contribution in [0.4, 0.5) is 5.69 Å². The second kappa shape index (κ2) is 10.5. The van der Waals surface area contributed by atoms with Gasteiger partial charge >= 0.3 is 0 Å². The van der Waals surface area contributed by atoms with E-state index in [-0.39, 0.29) is 5.91 Å². The monoisotopic (exact) mass is 399 g/mol. The lowest BCUT2D eigenvalue weighted by molar-refractivity contribution is -0.116. The molecule has 1 aliphatic heterocycles. The fourth-order valence-electron chi connectivity index (χ4n) is 3.15. The van der Waals surface area contributed by atoms with E-state index in [2.05, 4.69) is 30.4 Å². The van der Waals surface area contributed by atoms with E-state index in [1.807, 2.05) is 43.0 Å². The number of anilines is 1. The molecule has 2 aromatic carbocycles. The van der Waals surface area contributed by atoms with Crippen molar-refractivity contribution < 1.29 is 14.3 Å². The fraction of sp³-hybridized carbons (Fsp3) is 0.435. The maximum atomic E-state index is 12.3. The molecule has 1 amide bonds. The summed E-state index contributed by atoms with van der Waals surface area (Å²) in [6.07, 6.45) is 2.58. The van der Waals surface area contributed by atoms with Gasteiger partial charge in [0.1, 0.15) is 5.75 Å². The van der Waals surface area contributed by atoms with E-state index in [1.54, 1.807) is 0 Å². The Morgan fingerprint density at radius 1 is 1.18 bits per heavy atom. The van der Waals surface area contributed by atoms with Gasteiger partial charge in [-0.15, -0.1) is 0 Å². The Labute approximate surface area is 172 Å². The van der Waals surface area contributed by atoms with Crippen molar-refractivity contribution in [1.29, 1.82) is 0 Å². The Morgan fingerprint density at radius 2 is 1.96 bits per heavy atom. The number of nitrogens with one attached hydrogen (secondary N) is 1. The first-order valence-electron chi connectivity index (χ1n) is 9.89. The zero-order valence-corrected chi connectivity index (χ0v) is 17.5. The fourth-order valence-corrected chi connectivity index (χ4v) is 4.29. The van der Waals surface area contributed by atoms with Crippen molar-refractivity contribution in [2.45, 2.75) is 44.1 Å².